The summed E-state index contributed by atoms with van der Waals surface area (Å²) in [5, 5.41) is 13.0. The van der Waals surface area contributed by atoms with Gasteiger partial charge in [0.05, 0.1) is 17.3 Å². The average molecular weight is 304 g/mol. The zero-order valence-corrected chi connectivity index (χ0v) is 13.8. The lowest BCUT2D eigenvalue weighted by molar-refractivity contribution is 0.0775. The van der Waals surface area contributed by atoms with Crippen LogP contribution in [0.15, 0.2) is 35.7 Å². The smallest absolute Gasteiger partial charge is 0.0897 e. The summed E-state index contributed by atoms with van der Waals surface area (Å²) in [4.78, 5) is 6.89. The Hall–Kier alpha value is -1.23. The number of thiazole rings is 1. The highest BCUT2D eigenvalue weighted by atomic mass is 32.1. The second-order valence-corrected chi connectivity index (χ2v) is 6.80. The Morgan fingerprint density at radius 1 is 1.19 bits per heavy atom. The van der Waals surface area contributed by atoms with Gasteiger partial charge in [-0.05, 0) is 18.4 Å². The Kier molecular flexibility index (Phi) is 5.91. The van der Waals surface area contributed by atoms with E-state index in [9.17, 15) is 5.11 Å². The molecule has 1 N–H and O–H groups in total. The lowest BCUT2D eigenvalue weighted by atomic mass is 10.0. The van der Waals surface area contributed by atoms with Crippen LogP contribution < -0.4 is 0 Å². The summed E-state index contributed by atoms with van der Waals surface area (Å²) in [7, 11) is 0. The predicted octanol–water partition coefficient (Wildman–Crippen LogP) is 3.47. The van der Waals surface area contributed by atoms with Crippen molar-refractivity contribution in [2.75, 3.05) is 6.61 Å². The van der Waals surface area contributed by atoms with Crippen molar-refractivity contribution in [2.45, 2.75) is 39.9 Å². The van der Waals surface area contributed by atoms with Gasteiger partial charge >= 0.3 is 0 Å². The van der Waals surface area contributed by atoms with E-state index < -0.39 is 0 Å². The molecular formula is C17H24N2OS. The van der Waals surface area contributed by atoms with E-state index in [1.165, 1.54) is 5.56 Å². The van der Waals surface area contributed by atoms with Crippen LogP contribution in [-0.2, 0) is 13.1 Å². The van der Waals surface area contributed by atoms with Crippen LogP contribution in [0.4, 0.5) is 0 Å². The lowest BCUT2D eigenvalue weighted by Crippen LogP contribution is -2.40. The van der Waals surface area contributed by atoms with E-state index in [0.717, 1.165) is 23.8 Å². The van der Waals surface area contributed by atoms with Gasteiger partial charge in [0.1, 0.15) is 0 Å². The lowest BCUT2D eigenvalue weighted by Gasteiger charge is -2.32. The molecule has 0 aliphatic rings. The van der Waals surface area contributed by atoms with E-state index in [0.29, 0.717) is 5.92 Å². The van der Waals surface area contributed by atoms with Gasteiger partial charge in [0, 0.05) is 24.5 Å². The molecule has 4 heteroatoms. The fourth-order valence-electron chi connectivity index (χ4n) is 2.55. The molecule has 0 spiro atoms. The van der Waals surface area contributed by atoms with Crippen LogP contribution in [0.3, 0.4) is 0 Å². The molecule has 3 nitrogen and oxygen atoms in total. The van der Waals surface area contributed by atoms with Crippen LogP contribution in [0.1, 0.15) is 30.1 Å². The maximum Gasteiger partial charge on any atom is 0.0897 e. The zero-order chi connectivity index (χ0) is 15.2. The summed E-state index contributed by atoms with van der Waals surface area (Å²) in [5.74, 6) is 0.401. The van der Waals surface area contributed by atoms with Crippen LogP contribution in [0, 0.1) is 12.8 Å². The number of aryl methyl sites for hydroxylation is 1. The third kappa shape index (κ3) is 4.63. The van der Waals surface area contributed by atoms with Crippen LogP contribution in [0.5, 0.6) is 0 Å². The average Bonchev–Trinajstić information content (AvgIpc) is 2.85. The van der Waals surface area contributed by atoms with Crippen molar-refractivity contribution in [1.82, 2.24) is 9.88 Å². The monoisotopic (exact) mass is 304 g/mol. The third-order valence-electron chi connectivity index (χ3n) is 3.69. The molecule has 0 bridgehead atoms. The van der Waals surface area contributed by atoms with Crippen molar-refractivity contribution >= 4 is 11.3 Å². The number of aliphatic hydroxyl groups excluding tert-OH is 1. The highest BCUT2D eigenvalue weighted by Crippen LogP contribution is 2.19. The topological polar surface area (TPSA) is 36.4 Å². The van der Waals surface area contributed by atoms with E-state index in [4.69, 9.17) is 0 Å². The van der Waals surface area contributed by atoms with Crippen molar-refractivity contribution < 1.29 is 5.11 Å². The molecule has 0 aliphatic carbocycles. The standard InChI is InChI=1S/C17H24N2OS/c1-13(2)17(11-20)19(9-15-7-5-4-6-8-15)10-16-12-21-14(3)18-16/h4-8,12-13,17,20H,9-11H2,1-3H3. The second kappa shape index (κ2) is 7.69. The zero-order valence-electron chi connectivity index (χ0n) is 13.0. The number of aromatic nitrogens is 1. The van der Waals surface area contributed by atoms with Gasteiger partial charge < -0.3 is 5.11 Å². The number of aliphatic hydroxyl groups is 1. The Bertz CT molecular complexity index is 539. The molecule has 114 valence electrons. The van der Waals surface area contributed by atoms with Crippen molar-refractivity contribution in [3.8, 4) is 0 Å². The van der Waals surface area contributed by atoms with Gasteiger partial charge in [-0.15, -0.1) is 11.3 Å². The number of hydrogen-bond donors (Lipinski definition) is 1. The molecule has 2 rings (SSSR count). The Morgan fingerprint density at radius 2 is 1.90 bits per heavy atom. The molecule has 0 aliphatic heterocycles. The minimum atomic E-state index is 0.146. The van der Waals surface area contributed by atoms with E-state index in [-0.39, 0.29) is 12.6 Å². The fourth-order valence-corrected chi connectivity index (χ4v) is 3.15. The maximum atomic E-state index is 9.77. The Morgan fingerprint density at radius 3 is 2.43 bits per heavy atom. The van der Waals surface area contributed by atoms with Gasteiger partial charge in [-0.3, -0.25) is 4.90 Å². The molecule has 1 unspecified atom stereocenters. The minimum Gasteiger partial charge on any atom is -0.395 e. The van der Waals surface area contributed by atoms with Crippen LogP contribution in [0.2, 0.25) is 0 Å². The van der Waals surface area contributed by atoms with Crippen LogP contribution in [-0.4, -0.2) is 27.6 Å². The molecular weight excluding hydrogens is 280 g/mol. The SMILES string of the molecule is Cc1nc(CN(Cc2ccccc2)C(CO)C(C)C)cs1. The summed E-state index contributed by atoms with van der Waals surface area (Å²) < 4.78 is 0. The first-order chi connectivity index (χ1) is 10.1. The Labute approximate surface area is 131 Å². The summed E-state index contributed by atoms with van der Waals surface area (Å²) >= 11 is 1.68. The molecule has 1 aromatic heterocycles. The van der Waals surface area contributed by atoms with Gasteiger partial charge in [-0.2, -0.15) is 0 Å². The van der Waals surface area contributed by atoms with E-state index in [1.54, 1.807) is 11.3 Å². The molecule has 0 fully saturated rings. The molecule has 21 heavy (non-hydrogen) atoms. The second-order valence-electron chi connectivity index (χ2n) is 5.74. The van der Waals surface area contributed by atoms with Crippen molar-refractivity contribution in [2.24, 2.45) is 5.92 Å². The molecule has 2 aromatic rings. The van der Waals surface area contributed by atoms with Crippen molar-refractivity contribution in [1.29, 1.82) is 0 Å². The first kappa shape index (κ1) is 16.1. The number of hydrogen-bond acceptors (Lipinski definition) is 4. The number of benzene rings is 1. The highest BCUT2D eigenvalue weighted by molar-refractivity contribution is 7.09. The minimum absolute atomic E-state index is 0.146. The van der Waals surface area contributed by atoms with Gasteiger partial charge in [-0.25, -0.2) is 4.98 Å². The molecule has 1 atom stereocenters. The summed E-state index contributed by atoms with van der Waals surface area (Å²) in [5.41, 5.74) is 2.36. The Balaban J connectivity index is 2.16. The third-order valence-corrected chi connectivity index (χ3v) is 4.51. The molecule has 1 aromatic carbocycles. The summed E-state index contributed by atoms with van der Waals surface area (Å²) in [6.45, 7) is 8.13. The molecule has 0 saturated carbocycles. The first-order valence-corrected chi connectivity index (χ1v) is 8.28. The van der Waals surface area contributed by atoms with Gasteiger partial charge in [0.25, 0.3) is 0 Å². The van der Waals surface area contributed by atoms with Gasteiger partial charge in [0.15, 0.2) is 0 Å². The maximum absolute atomic E-state index is 9.77. The number of nitrogens with zero attached hydrogens (tertiary/aromatic N) is 2. The molecule has 0 saturated heterocycles. The van der Waals surface area contributed by atoms with E-state index in [1.807, 2.05) is 13.0 Å². The van der Waals surface area contributed by atoms with Crippen LogP contribution >= 0.6 is 11.3 Å². The van der Waals surface area contributed by atoms with E-state index in [2.05, 4.69) is 53.4 Å². The predicted molar refractivity (Wildman–Crippen MR) is 88.3 cm³/mol. The number of rotatable bonds is 7. The van der Waals surface area contributed by atoms with Crippen molar-refractivity contribution in [3.63, 3.8) is 0 Å². The van der Waals surface area contributed by atoms with Crippen LogP contribution in [0.25, 0.3) is 0 Å². The normalized spacial score (nSPS) is 13.0. The van der Waals surface area contributed by atoms with Crippen molar-refractivity contribution in [3.05, 3.63) is 52.0 Å². The molecule has 0 radical (unpaired) electrons. The first-order valence-electron chi connectivity index (χ1n) is 7.40. The van der Waals surface area contributed by atoms with Gasteiger partial charge in [-0.1, -0.05) is 44.2 Å². The molecule has 1 heterocycles. The quantitative estimate of drug-likeness (QED) is 0.851. The largest absolute Gasteiger partial charge is 0.395 e. The molecule has 0 amide bonds. The summed E-state index contributed by atoms with van der Waals surface area (Å²) in [6, 6.07) is 10.6. The highest BCUT2D eigenvalue weighted by Gasteiger charge is 2.22. The van der Waals surface area contributed by atoms with E-state index >= 15 is 0 Å². The summed E-state index contributed by atoms with van der Waals surface area (Å²) in [6.07, 6.45) is 0. The fraction of sp³-hybridized carbons (Fsp3) is 0.471. The van der Waals surface area contributed by atoms with Gasteiger partial charge in [0.2, 0.25) is 0 Å².